The lowest BCUT2D eigenvalue weighted by atomic mass is 10.1. The van der Waals surface area contributed by atoms with Crippen molar-refractivity contribution in [2.75, 3.05) is 0 Å². The van der Waals surface area contributed by atoms with E-state index in [0.717, 1.165) is 27.0 Å². The summed E-state index contributed by atoms with van der Waals surface area (Å²) in [4.78, 5) is 11.9. The maximum absolute atomic E-state index is 11.9. The first-order valence-corrected chi connectivity index (χ1v) is 10.1. The fraction of sp³-hybridized carbons (Fsp3) is 0.261. The average Bonchev–Trinajstić information content (AvgIpc) is 2.86. The SMILES string of the molecule is Cc1cccc(Cn2c(C)c(CNCc3cccc(Br)c3)c(C(=O)O)c2C)c1. The maximum Gasteiger partial charge on any atom is 0.337 e. The molecule has 0 atom stereocenters. The van der Waals surface area contributed by atoms with Crippen molar-refractivity contribution in [3.8, 4) is 0 Å². The number of carbonyl (C=O) groups is 1. The van der Waals surface area contributed by atoms with Crippen LogP contribution >= 0.6 is 15.9 Å². The molecule has 2 aromatic carbocycles. The number of nitrogens with zero attached hydrogens (tertiary/aromatic N) is 1. The van der Waals surface area contributed by atoms with Crippen molar-refractivity contribution in [2.24, 2.45) is 0 Å². The lowest BCUT2D eigenvalue weighted by Crippen LogP contribution is -2.15. The summed E-state index contributed by atoms with van der Waals surface area (Å²) in [6, 6.07) is 16.4. The van der Waals surface area contributed by atoms with Gasteiger partial charge in [0.15, 0.2) is 0 Å². The van der Waals surface area contributed by atoms with Gasteiger partial charge in [-0.15, -0.1) is 0 Å². The molecule has 0 aliphatic rings. The molecule has 0 saturated heterocycles. The van der Waals surface area contributed by atoms with E-state index >= 15 is 0 Å². The van der Waals surface area contributed by atoms with Crippen LogP contribution in [-0.2, 0) is 19.6 Å². The van der Waals surface area contributed by atoms with Crippen LogP contribution in [0.3, 0.4) is 0 Å². The number of rotatable bonds is 7. The molecule has 1 aromatic heterocycles. The third kappa shape index (κ3) is 4.54. The van der Waals surface area contributed by atoms with Crippen molar-refractivity contribution in [2.45, 2.75) is 40.4 Å². The molecule has 0 saturated carbocycles. The summed E-state index contributed by atoms with van der Waals surface area (Å²) in [6.07, 6.45) is 0. The van der Waals surface area contributed by atoms with E-state index in [1.54, 1.807) is 0 Å². The van der Waals surface area contributed by atoms with Gasteiger partial charge in [-0.25, -0.2) is 4.79 Å². The summed E-state index contributed by atoms with van der Waals surface area (Å²) in [6.45, 7) is 7.83. The first kappa shape index (κ1) is 20.4. The second-order valence-corrected chi connectivity index (χ2v) is 8.05. The van der Waals surface area contributed by atoms with Gasteiger partial charge in [0.25, 0.3) is 0 Å². The largest absolute Gasteiger partial charge is 0.478 e. The summed E-state index contributed by atoms with van der Waals surface area (Å²) >= 11 is 3.48. The number of hydrogen-bond acceptors (Lipinski definition) is 2. The molecule has 0 radical (unpaired) electrons. The van der Waals surface area contributed by atoms with E-state index in [2.05, 4.69) is 63.1 Å². The Morgan fingerprint density at radius 2 is 1.71 bits per heavy atom. The van der Waals surface area contributed by atoms with Gasteiger partial charge >= 0.3 is 5.97 Å². The van der Waals surface area contributed by atoms with Crippen molar-refractivity contribution in [3.63, 3.8) is 0 Å². The molecule has 5 heteroatoms. The van der Waals surface area contributed by atoms with Gasteiger partial charge in [-0.2, -0.15) is 0 Å². The van der Waals surface area contributed by atoms with Crippen LogP contribution in [0, 0.1) is 20.8 Å². The number of nitrogens with one attached hydrogen (secondary N) is 1. The Hall–Kier alpha value is -2.37. The van der Waals surface area contributed by atoms with Crippen LogP contribution in [0.5, 0.6) is 0 Å². The molecule has 3 rings (SSSR count). The second-order valence-electron chi connectivity index (χ2n) is 7.14. The molecule has 1 heterocycles. The van der Waals surface area contributed by atoms with Gasteiger partial charge in [-0.1, -0.05) is 57.9 Å². The normalized spacial score (nSPS) is 11.0. The Labute approximate surface area is 174 Å². The molecule has 2 N–H and O–H groups in total. The fourth-order valence-electron chi connectivity index (χ4n) is 3.66. The van der Waals surface area contributed by atoms with E-state index in [1.165, 1.54) is 11.1 Å². The van der Waals surface area contributed by atoms with Crippen LogP contribution in [0.2, 0.25) is 0 Å². The molecular formula is C23H25BrN2O2. The van der Waals surface area contributed by atoms with Gasteiger partial charge in [-0.3, -0.25) is 0 Å². The third-order valence-corrected chi connectivity index (χ3v) is 5.56. The molecule has 0 fully saturated rings. The minimum Gasteiger partial charge on any atom is -0.478 e. The molecule has 28 heavy (non-hydrogen) atoms. The molecule has 0 aliphatic heterocycles. The van der Waals surface area contributed by atoms with E-state index < -0.39 is 5.97 Å². The zero-order chi connectivity index (χ0) is 20.3. The van der Waals surface area contributed by atoms with Crippen molar-refractivity contribution in [3.05, 3.63) is 92.2 Å². The van der Waals surface area contributed by atoms with Crippen molar-refractivity contribution in [1.82, 2.24) is 9.88 Å². The monoisotopic (exact) mass is 440 g/mol. The zero-order valence-corrected chi connectivity index (χ0v) is 18.0. The van der Waals surface area contributed by atoms with Crippen LogP contribution in [0.25, 0.3) is 0 Å². The molecule has 4 nitrogen and oxygen atoms in total. The summed E-state index contributed by atoms with van der Waals surface area (Å²) in [7, 11) is 0. The van der Waals surface area contributed by atoms with Crippen molar-refractivity contribution >= 4 is 21.9 Å². The minimum atomic E-state index is -0.872. The van der Waals surface area contributed by atoms with E-state index in [4.69, 9.17) is 0 Å². The fourth-order valence-corrected chi connectivity index (χ4v) is 4.10. The number of benzene rings is 2. The highest BCUT2D eigenvalue weighted by atomic mass is 79.9. The van der Waals surface area contributed by atoms with E-state index in [1.807, 2.05) is 32.0 Å². The quantitative estimate of drug-likeness (QED) is 0.529. The summed E-state index contributed by atoms with van der Waals surface area (Å²) in [5.74, 6) is -0.872. The predicted molar refractivity (Wildman–Crippen MR) is 116 cm³/mol. The second kappa shape index (κ2) is 8.76. The number of carboxylic acid groups (broad SMARTS) is 1. The van der Waals surface area contributed by atoms with Crippen LogP contribution in [0.4, 0.5) is 0 Å². The molecule has 0 unspecified atom stereocenters. The van der Waals surface area contributed by atoms with Gasteiger partial charge in [-0.05, 0) is 44.0 Å². The molecule has 146 valence electrons. The summed E-state index contributed by atoms with van der Waals surface area (Å²) in [5, 5.41) is 13.2. The van der Waals surface area contributed by atoms with Crippen LogP contribution < -0.4 is 5.32 Å². The minimum absolute atomic E-state index is 0.409. The van der Waals surface area contributed by atoms with Crippen molar-refractivity contribution < 1.29 is 9.90 Å². The first-order chi connectivity index (χ1) is 13.4. The third-order valence-electron chi connectivity index (χ3n) is 5.07. The van der Waals surface area contributed by atoms with E-state index in [-0.39, 0.29) is 0 Å². The molecule has 0 amide bonds. The number of aromatic carboxylic acids is 1. The van der Waals surface area contributed by atoms with E-state index in [9.17, 15) is 9.90 Å². The number of aromatic nitrogens is 1. The summed E-state index contributed by atoms with van der Waals surface area (Å²) < 4.78 is 3.14. The Bertz CT molecular complexity index is 1010. The molecule has 0 spiro atoms. The molecule has 0 bridgehead atoms. The number of halogens is 1. The Morgan fingerprint density at radius 1 is 1.00 bits per heavy atom. The Kier molecular flexibility index (Phi) is 6.37. The zero-order valence-electron chi connectivity index (χ0n) is 16.4. The number of hydrogen-bond donors (Lipinski definition) is 2. The summed E-state index contributed by atoms with van der Waals surface area (Å²) in [5.41, 5.74) is 6.59. The highest BCUT2D eigenvalue weighted by Gasteiger charge is 2.22. The van der Waals surface area contributed by atoms with E-state index in [0.29, 0.717) is 25.2 Å². The van der Waals surface area contributed by atoms with Gasteiger partial charge in [0, 0.05) is 41.1 Å². The van der Waals surface area contributed by atoms with Crippen LogP contribution in [-0.4, -0.2) is 15.6 Å². The molecule has 3 aromatic rings. The Balaban J connectivity index is 1.84. The van der Waals surface area contributed by atoms with Crippen LogP contribution in [0.15, 0.2) is 53.0 Å². The van der Waals surface area contributed by atoms with Crippen molar-refractivity contribution in [1.29, 1.82) is 0 Å². The Morgan fingerprint density at radius 3 is 2.39 bits per heavy atom. The lowest BCUT2D eigenvalue weighted by Gasteiger charge is -2.11. The van der Waals surface area contributed by atoms with Gasteiger partial charge in [0.05, 0.1) is 5.56 Å². The van der Waals surface area contributed by atoms with Gasteiger partial charge < -0.3 is 15.0 Å². The molecular weight excluding hydrogens is 416 g/mol. The highest BCUT2D eigenvalue weighted by molar-refractivity contribution is 9.10. The first-order valence-electron chi connectivity index (χ1n) is 9.29. The van der Waals surface area contributed by atoms with Crippen LogP contribution in [0.1, 0.15) is 44.0 Å². The highest BCUT2D eigenvalue weighted by Crippen LogP contribution is 2.24. The average molecular weight is 441 g/mol. The topological polar surface area (TPSA) is 54.3 Å². The van der Waals surface area contributed by atoms with Gasteiger partial charge in [0.2, 0.25) is 0 Å². The standard InChI is InChI=1S/C23H25BrN2O2/c1-15-6-4-8-19(10-15)14-26-16(2)21(22(17(26)3)23(27)28)13-25-12-18-7-5-9-20(24)11-18/h4-11,25H,12-14H2,1-3H3,(H,27,28). The maximum atomic E-state index is 11.9. The molecule has 0 aliphatic carbocycles. The lowest BCUT2D eigenvalue weighted by molar-refractivity contribution is 0.0694. The number of aryl methyl sites for hydroxylation is 1. The predicted octanol–water partition coefficient (Wildman–Crippen LogP) is 5.21. The smallest absolute Gasteiger partial charge is 0.337 e. The number of carboxylic acids is 1. The van der Waals surface area contributed by atoms with Gasteiger partial charge in [0.1, 0.15) is 0 Å².